The van der Waals surface area contributed by atoms with E-state index in [-0.39, 0.29) is 12.1 Å². The number of rotatable bonds is 5. The Hall–Kier alpha value is -2.61. The lowest BCUT2D eigenvalue weighted by Crippen LogP contribution is -2.42. The molecule has 2 N–H and O–H groups in total. The molecule has 0 saturated carbocycles. The topological polar surface area (TPSA) is 92.3 Å². The number of piperidine rings is 1. The van der Waals surface area contributed by atoms with E-state index in [2.05, 4.69) is 25.8 Å². The lowest BCUT2D eigenvalue weighted by atomic mass is 10.1. The van der Waals surface area contributed by atoms with Gasteiger partial charge < -0.3 is 20.3 Å². The van der Waals surface area contributed by atoms with Crippen LogP contribution in [0.15, 0.2) is 24.4 Å². The summed E-state index contributed by atoms with van der Waals surface area (Å²) in [6, 6.07) is 5.80. The number of nitrogens with zero attached hydrogens (tertiary/aromatic N) is 4. The van der Waals surface area contributed by atoms with Crippen LogP contribution in [0.5, 0.6) is 0 Å². The molecule has 144 valence electrons. The number of nitrogens with one attached hydrogen (secondary N) is 2. The molecular weight excluding hydrogens is 368 g/mol. The number of amides is 1. The van der Waals surface area contributed by atoms with Gasteiger partial charge in [-0.1, -0.05) is 17.7 Å². The lowest BCUT2D eigenvalue weighted by molar-refractivity contribution is 0.0983. The predicted molar refractivity (Wildman–Crippen MR) is 105 cm³/mol. The van der Waals surface area contributed by atoms with Crippen molar-refractivity contribution in [2.24, 2.45) is 0 Å². The molecule has 2 aromatic rings. The Balaban J connectivity index is 1.58. The second-order valence-electron chi connectivity index (χ2n) is 6.35. The number of carbonyl (C=O) groups excluding carboxylic acids is 1. The van der Waals surface area contributed by atoms with Crippen molar-refractivity contribution in [1.82, 2.24) is 20.1 Å². The molecule has 0 radical (unpaired) electrons. The van der Waals surface area contributed by atoms with E-state index in [0.29, 0.717) is 36.5 Å². The van der Waals surface area contributed by atoms with Crippen molar-refractivity contribution in [2.75, 3.05) is 30.3 Å². The van der Waals surface area contributed by atoms with Crippen molar-refractivity contribution in [2.45, 2.75) is 32.7 Å². The molecule has 2 heterocycles. The zero-order chi connectivity index (χ0) is 19.2. The molecule has 3 rings (SSSR count). The van der Waals surface area contributed by atoms with E-state index in [1.165, 1.54) is 0 Å². The fraction of sp³-hybridized carbons (Fsp3) is 0.444. The Morgan fingerprint density at radius 1 is 1.37 bits per heavy atom. The van der Waals surface area contributed by atoms with Crippen LogP contribution in [-0.4, -0.2) is 51.9 Å². The maximum atomic E-state index is 11.8. The van der Waals surface area contributed by atoms with Crippen LogP contribution in [-0.2, 0) is 4.74 Å². The first kappa shape index (κ1) is 19.2. The van der Waals surface area contributed by atoms with Crippen molar-refractivity contribution in [3.8, 4) is 0 Å². The van der Waals surface area contributed by atoms with Gasteiger partial charge in [-0.3, -0.25) is 0 Å². The average Bonchev–Trinajstić information content (AvgIpc) is 2.66. The fourth-order valence-electron chi connectivity index (χ4n) is 2.91. The number of hydrogen-bond acceptors (Lipinski definition) is 7. The number of aryl methyl sites for hydroxylation is 1. The molecule has 0 aliphatic carbocycles. The molecule has 1 aromatic carbocycles. The van der Waals surface area contributed by atoms with Crippen LogP contribution in [0, 0.1) is 6.92 Å². The number of hydrogen-bond donors (Lipinski definition) is 2. The first-order chi connectivity index (χ1) is 13.0. The lowest BCUT2D eigenvalue weighted by Gasteiger charge is -2.31. The van der Waals surface area contributed by atoms with Crippen molar-refractivity contribution >= 4 is 35.1 Å². The van der Waals surface area contributed by atoms with Crippen LogP contribution in [0.4, 0.5) is 22.2 Å². The first-order valence-electron chi connectivity index (χ1n) is 8.96. The zero-order valence-corrected chi connectivity index (χ0v) is 16.2. The Bertz CT molecular complexity index is 795. The number of halogens is 1. The normalized spacial score (nSPS) is 14.7. The second kappa shape index (κ2) is 8.85. The van der Waals surface area contributed by atoms with Crippen molar-refractivity contribution in [1.29, 1.82) is 0 Å². The van der Waals surface area contributed by atoms with E-state index in [1.54, 1.807) is 11.1 Å². The molecule has 0 bridgehead atoms. The van der Waals surface area contributed by atoms with Gasteiger partial charge in [0.25, 0.3) is 0 Å². The summed E-state index contributed by atoms with van der Waals surface area (Å²) in [5.74, 6) is 1.04. The molecule has 1 fully saturated rings. The molecule has 8 nitrogen and oxygen atoms in total. The Kier molecular flexibility index (Phi) is 6.28. The summed E-state index contributed by atoms with van der Waals surface area (Å²) in [5, 5.41) is 15.2. The zero-order valence-electron chi connectivity index (χ0n) is 15.4. The van der Waals surface area contributed by atoms with E-state index in [9.17, 15) is 4.79 Å². The molecule has 0 atom stereocenters. The number of likely N-dealkylation sites (tertiary alicyclic amines) is 1. The molecule has 1 saturated heterocycles. The summed E-state index contributed by atoms with van der Waals surface area (Å²) in [5.41, 5.74) is 1.87. The summed E-state index contributed by atoms with van der Waals surface area (Å²) in [4.78, 5) is 18.0. The van der Waals surface area contributed by atoms with E-state index in [0.717, 1.165) is 24.1 Å². The van der Waals surface area contributed by atoms with Gasteiger partial charge >= 0.3 is 6.09 Å². The van der Waals surface area contributed by atoms with Gasteiger partial charge in [0.2, 0.25) is 5.95 Å². The summed E-state index contributed by atoms with van der Waals surface area (Å²) >= 11 is 6.05. The van der Waals surface area contributed by atoms with E-state index >= 15 is 0 Å². The highest BCUT2D eigenvalue weighted by atomic mass is 35.5. The summed E-state index contributed by atoms with van der Waals surface area (Å²) < 4.78 is 5.04. The number of anilines is 3. The Morgan fingerprint density at radius 3 is 2.89 bits per heavy atom. The average molecular weight is 391 g/mol. The first-order valence-corrected chi connectivity index (χ1v) is 9.34. The maximum Gasteiger partial charge on any atom is 0.409 e. The van der Waals surface area contributed by atoms with Gasteiger partial charge in [0.15, 0.2) is 5.82 Å². The van der Waals surface area contributed by atoms with Gasteiger partial charge in [0, 0.05) is 29.8 Å². The molecule has 9 heteroatoms. The highest BCUT2D eigenvalue weighted by Gasteiger charge is 2.23. The number of aromatic nitrogens is 3. The van der Waals surface area contributed by atoms with Crippen LogP contribution in [0.3, 0.4) is 0 Å². The number of ether oxygens (including phenoxy) is 1. The second-order valence-corrected chi connectivity index (χ2v) is 6.79. The van der Waals surface area contributed by atoms with Gasteiger partial charge in [0.05, 0.1) is 12.8 Å². The minimum atomic E-state index is -0.247. The van der Waals surface area contributed by atoms with Crippen molar-refractivity contribution in [3.63, 3.8) is 0 Å². The predicted octanol–water partition coefficient (Wildman–Crippen LogP) is 3.61. The van der Waals surface area contributed by atoms with Crippen molar-refractivity contribution in [3.05, 3.63) is 35.0 Å². The third-order valence-electron chi connectivity index (χ3n) is 4.38. The quantitative estimate of drug-likeness (QED) is 0.805. The van der Waals surface area contributed by atoms with E-state index < -0.39 is 0 Å². The standard InChI is InChI=1S/C18H23ClN6O2/c1-3-27-18(26)25-8-6-14(7-9-25)21-16-11-20-24-17(23-16)22-15-10-13(19)5-4-12(15)2/h4-5,10-11,14H,3,6-9H2,1-2H3,(H2,21,22,23,24). The van der Waals surface area contributed by atoms with Gasteiger partial charge in [0.1, 0.15) is 0 Å². The SMILES string of the molecule is CCOC(=O)N1CCC(Nc2cnnc(Nc3cc(Cl)ccc3C)n2)CC1. The third-order valence-corrected chi connectivity index (χ3v) is 4.61. The molecule has 1 aromatic heterocycles. The third kappa shape index (κ3) is 5.19. The smallest absolute Gasteiger partial charge is 0.409 e. The van der Waals surface area contributed by atoms with E-state index in [1.807, 2.05) is 32.0 Å². The summed E-state index contributed by atoms with van der Waals surface area (Å²) in [7, 11) is 0. The van der Waals surface area contributed by atoms with E-state index in [4.69, 9.17) is 16.3 Å². The van der Waals surface area contributed by atoms with Crippen molar-refractivity contribution < 1.29 is 9.53 Å². The van der Waals surface area contributed by atoms with Gasteiger partial charge in [-0.05, 0) is 44.4 Å². The molecule has 0 spiro atoms. The fourth-order valence-corrected chi connectivity index (χ4v) is 3.08. The monoisotopic (exact) mass is 390 g/mol. The van der Waals surface area contributed by atoms with Crippen LogP contribution >= 0.6 is 11.6 Å². The highest BCUT2D eigenvalue weighted by molar-refractivity contribution is 6.30. The minimum absolute atomic E-state index is 0.216. The maximum absolute atomic E-state index is 11.8. The van der Waals surface area contributed by atoms with Crippen LogP contribution < -0.4 is 10.6 Å². The van der Waals surface area contributed by atoms with Gasteiger partial charge in [-0.2, -0.15) is 10.1 Å². The number of benzene rings is 1. The summed E-state index contributed by atoms with van der Waals surface area (Å²) in [6.07, 6.45) is 2.98. The molecular formula is C18H23ClN6O2. The summed E-state index contributed by atoms with van der Waals surface area (Å²) in [6.45, 7) is 5.49. The Labute approximate surface area is 163 Å². The highest BCUT2D eigenvalue weighted by Crippen LogP contribution is 2.23. The van der Waals surface area contributed by atoms with Gasteiger partial charge in [-0.15, -0.1) is 5.10 Å². The molecule has 0 unspecified atom stereocenters. The van der Waals surface area contributed by atoms with Crippen LogP contribution in [0.1, 0.15) is 25.3 Å². The minimum Gasteiger partial charge on any atom is -0.450 e. The largest absolute Gasteiger partial charge is 0.450 e. The van der Waals surface area contributed by atoms with Crippen LogP contribution in [0.25, 0.3) is 0 Å². The number of carbonyl (C=O) groups is 1. The van der Waals surface area contributed by atoms with Crippen LogP contribution in [0.2, 0.25) is 5.02 Å². The molecule has 1 aliphatic rings. The Morgan fingerprint density at radius 2 is 2.15 bits per heavy atom. The van der Waals surface area contributed by atoms with Gasteiger partial charge in [-0.25, -0.2) is 4.79 Å². The molecule has 27 heavy (non-hydrogen) atoms. The molecule has 1 aliphatic heterocycles. The molecule has 1 amide bonds.